The van der Waals surface area contributed by atoms with Gasteiger partial charge in [0.2, 0.25) is 5.95 Å². The second-order valence-electron chi connectivity index (χ2n) is 11.0. The van der Waals surface area contributed by atoms with Crippen LogP contribution in [0.2, 0.25) is 0 Å². The molecule has 3 aromatic heterocycles. The molecule has 0 N–H and O–H groups in total. The first kappa shape index (κ1) is 22.4. The van der Waals surface area contributed by atoms with Crippen molar-refractivity contribution in [2.45, 2.75) is 0 Å². The summed E-state index contributed by atoms with van der Waals surface area (Å²) in [4.78, 5) is 10.7. The van der Waals surface area contributed by atoms with Crippen LogP contribution in [0.4, 0.5) is 0 Å². The van der Waals surface area contributed by atoms with Crippen LogP contribution in [0.25, 0.3) is 91.6 Å². The highest BCUT2D eigenvalue weighted by molar-refractivity contribution is 7.26. The zero-order valence-corrected chi connectivity index (χ0v) is 23.2. The van der Waals surface area contributed by atoms with Crippen molar-refractivity contribution in [3.8, 4) is 17.2 Å². The van der Waals surface area contributed by atoms with Crippen molar-refractivity contribution in [3.05, 3.63) is 127 Å². The van der Waals surface area contributed by atoms with Crippen LogP contribution in [0, 0.1) is 0 Å². The molecule has 0 fully saturated rings. The van der Waals surface area contributed by atoms with E-state index in [9.17, 15) is 0 Å². The molecule has 7 aromatic carbocycles. The van der Waals surface area contributed by atoms with Gasteiger partial charge in [-0.05, 0) is 45.8 Å². The molecule has 194 valence electrons. The van der Waals surface area contributed by atoms with Gasteiger partial charge in [-0.15, -0.1) is 11.3 Å². The Morgan fingerprint density at radius 3 is 2.19 bits per heavy atom. The molecule has 0 aliphatic heterocycles. The van der Waals surface area contributed by atoms with Crippen LogP contribution in [0.5, 0.6) is 0 Å². The molecular formula is C38H21N3S. The Kier molecular flexibility index (Phi) is 4.33. The zero-order chi connectivity index (χ0) is 27.4. The fourth-order valence-electron chi connectivity index (χ4n) is 6.98. The summed E-state index contributed by atoms with van der Waals surface area (Å²) in [5.41, 5.74) is 5.27. The van der Waals surface area contributed by atoms with Crippen LogP contribution >= 0.6 is 11.3 Å². The van der Waals surface area contributed by atoms with E-state index in [2.05, 4.69) is 132 Å². The maximum atomic E-state index is 5.40. The molecule has 0 saturated carbocycles. The molecule has 0 bridgehead atoms. The van der Waals surface area contributed by atoms with E-state index in [4.69, 9.17) is 9.97 Å². The summed E-state index contributed by atoms with van der Waals surface area (Å²) in [7, 11) is 0. The molecule has 3 heterocycles. The number of hydrogen-bond donors (Lipinski definition) is 0. The van der Waals surface area contributed by atoms with E-state index in [0.29, 0.717) is 5.95 Å². The molecule has 10 rings (SSSR count). The Morgan fingerprint density at radius 1 is 0.476 bits per heavy atom. The van der Waals surface area contributed by atoms with Gasteiger partial charge in [0.05, 0.1) is 22.2 Å². The largest absolute Gasteiger partial charge is 0.278 e. The number of aromatic nitrogens is 3. The molecule has 0 radical (unpaired) electrons. The van der Waals surface area contributed by atoms with Crippen molar-refractivity contribution < 1.29 is 0 Å². The SMILES string of the molecule is c1ccc(-c2nc(-n3c4cccc5ccc6c7c(cc3c6c54)sc3ccccc37)nc3ccc4ccccc4c23)cc1. The van der Waals surface area contributed by atoms with Gasteiger partial charge in [0.25, 0.3) is 0 Å². The van der Waals surface area contributed by atoms with Crippen molar-refractivity contribution in [1.29, 1.82) is 0 Å². The van der Waals surface area contributed by atoms with Crippen molar-refractivity contribution in [3.63, 3.8) is 0 Å². The monoisotopic (exact) mass is 551 g/mol. The second kappa shape index (κ2) is 8.12. The number of nitrogens with zero attached hydrogens (tertiary/aromatic N) is 3. The van der Waals surface area contributed by atoms with Crippen LogP contribution in [0.1, 0.15) is 0 Å². The number of thiophene rings is 1. The van der Waals surface area contributed by atoms with E-state index in [1.165, 1.54) is 52.5 Å². The van der Waals surface area contributed by atoms with Gasteiger partial charge >= 0.3 is 0 Å². The predicted octanol–water partition coefficient (Wildman–Crippen LogP) is 10.5. The smallest absolute Gasteiger partial charge is 0.235 e. The molecule has 0 aliphatic carbocycles. The van der Waals surface area contributed by atoms with Gasteiger partial charge in [0, 0.05) is 41.9 Å². The lowest BCUT2D eigenvalue weighted by molar-refractivity contribution is 1.02. The van der Waals surface area contributed by atoms with E-state index >= 15 is 0 Å². The quantitative estimate of drug-likeness (QED) is 0.200. The summed E-state index contributed by atoms with van der Waals surface area (Å²) in [6.45, 7) is 0. The van der Waals surface area contributed by atoms with Crippen molar-refractivity contribution in [2.75, 3.05) is 0 Å². The molecule has 0 spiro atoms. The van der Waals surface area contributed by atoms with E-state index in [-0.39, 0.29) is 0 Å². The highest BCUT2D eigenvalue weighted by Gasteiger charge is 2.23. The minimum absolute atomic E-state index is 0.696. The minimum Gasteiger partial charge on any atom is -0.278 e. The van der Waals surface area contributed by atoms with Gasteiger partial charge < -0.3 is 0 Å². The lowest BCUT2D eigenvalue weighted by Gasteiger charge is -2.13. The first-order valence-corrected chi connectivity index (χ1v) is 15.0. The standard InChI is InChI=1S/C38H21N3S/c1-2-10-24(11-3-1)37-35-25-13-5-4-9-22(25)18-20-28(35)39-38(40-37)41-29-15-8-12-23-17-19-27-34-26-14-6-7-16-31(26)42-32(34)21-30(41)36(27)33(23)29/h1-21H. The van der Waals surface area contributed by atoms with E-state index in [1.54, 1.807) is 0 Å². The van der Waals surface area contributed by atoms with Crippen molar-refractivity contribution in [1.82, 2.24) is 14.5 Å². The molecule has 0 atom stereocenters. The number of rotatable bonds is 2. The Balaban J connectivity index is 1.40. The van der Waals surface area contributed by atoms with Crippen LogP contribution in [-0.4, -0.2) is 14.5 Å². The number of hydrogen-bond acceptors (Lipinski definition) is 3. The molecule has 0 amide bonds. The van der Waals surface area contributed by atoms with E-state index in [1.807, 2.05) is 11.3 Å². The highest BCUT2D eigenvalue weighted by Crippen LogP contribution is 2.46. The Bertz CT molecular complexity index is 2680. The highest BCUT2D eigenvalue weighted by atomic mass is 32.1. The van der Waals surface area contributed by atoms with Gasteiger partial charge in [0.1, 0.15) is 0 Å². The first-order chi connectivity index (χ1) is 20.8. The lowest BCUT2D eigenvalue weighted by atomic mass is 9.98. The van der Waals surface area contributed by atoms with Gasteiger partial charge in [0.15, 0.2) is 0 Å². The zero-order valence-electron chi connectivity index (χ0n) is 22.4. The van der Waals surface area contributed by atoms with Crippen LogP contribution in [-0.2, 0) is 0 Å². The molecule has 0 aliphatic rings. The fraction of sp³-hybridized carbons (Fsp3) is 0. The number of benzene rings is 7. The third-order valence-electron chi connectivity index (χ3n) is 8.74. The predicted molar refractivity (Wildman–Crippen MR) is 178 cm³/mol. The Hall–Kier alpha value is -5.32. The summed E-state index contributed by atoms with van der Waals surface area (Å²) in [6.07, 6.45) is 0. The maximum absolute atomic E-state index is 5.40. The Morgan fingerprint density at radius 2 is 1.26 bits per heavy atom. The minimum atomic E-state index is 0.696. The van der Waals surface area contributed by atoms with Crippen LogP contribution in [0.15, 0.2) is 127 Å². The van der Waals surface area contributed by atoms with Gasteiger partial charge in [-0.2, -0.15) is 0 Å². The molecule has 10 aromatic rings. The average molecular weight is 552 g/mol. The summed E-state index contributed by atoms with van der Waals surface area (Å²) in [5.74, 6) is 0.696. The second-order valence-corrected chi connectivity index (χ2v) is 12.1. The van der Waals surface area contributed by atoms with Gasteiger partial charge in [-0.25, -0.2) is 9.97 Å². The van der Waals surface area contributed by atoms with Crippen LogP contribution < -0.4 is 0 Å². The molecule has 4 heteroatoms. The maximum Gasteiger partial charge on any atom is 0.235 e. The average Bonchev–Trinajstić information content (AvgIpc) is 3.59. The van der Waals surface area contributed by atoms with E-state index in [0.717, 1.165) is 33.2 Å². The Labute approximate surface area is 244 Å². The molecule has 0 saturated heterocycles. The summed E-state index contributed by atoms with van der Waals surface area (Å²) in [6, 6.07) is 45.6. The van der Waals surface area contributed by atoms with Crippen molar-refractivity contribution in [2.24, 2.45) is 0 Å². The van der Waals surface area contributed by atoms with Gasteiger partial charge in [-0.1, -0.05) is 103 Å². The lowest BCUT2D eigenvalue weighted by Crippen LogP contribution is -2.03. The number of fused-ring (bicyclic) bond motifs is 7. The summed E-state index contributed by atoms with van der Waals surface area (Å²) >= 11 is 1.86. The molecular weight excluding hydrogens is 531 g/mol. The molecule has 42 heavy (non-hydrogen) atoms. The fourth-order valence-corrected chi connectivity index (χ4v) is 8.13. The van der Waals surface area contributed by atoms with Gasteiger partial charge in [-0.3, -0.25) is 4.57 Å². The third-order valence-corrected chi connectivity index (χ3v) is 9.86. The molecule has 3 nitrogen and oxygen atoms in total. The first-order valence-electron chi connectivity index (χ1n) is 14.2. The summed E-state index contributed by atoms with van der Waals surface area (Å²) in [5, 5.41) is 11.2. The third kappa shape index (κ3) is 2.89. The summed E-state index contributed by atoms with van der Waals surface area (Å²) < 4.78 is 4.88. The topological polar surface area (TPSA) is 30.7 Å². The molecule has 0 unspecified atom stereocenters. The normalized spacial score (nSPS) is 12.3. The van der Waals surface area contributed by atoms with Crippen molar-refractivity contribution >= 4 is 85.8 Å². The van der Waals surface area contributed by atoms with Crippen LogP contribution in [0.3, 0.4) is 0 Å². The van der Waals surface area contributed by atoms with E-state index < -0.39 is 0 Å².